The number of para-hydroxylation sites is 1. The van der Waals surface area contributed by atoms with Crippen molar-refractivity contribution in [3.8, 4) is 17.2 Å². The summed E-state index contributed by atoms with van der Waals surface area (Å²) in [5.41, 5.74) is 1.54. The highest BCUT2D eigenvalue weighted by Gasteiger charge is 2.40. The highest BCUT2D eigenvalue weighted by atomic mass is 16.5. The Kier molecular flexibility index (Phi) is 7.34. The maximum atomic E-state index is 13.6. The highest BCUT2D eigenvalue weighted by molar-refractivity contribution is 6.37. The number of nitrogens with one attached hydrogen (secondary N) is 1. The van der Waals surface area contributed by atoms with Gasteiger partial charge in [-0.25, -0.2) is 0 Å². The summed E-state index contributed by atoms with van der Waals surface area (Å²) in [7, 11) is 4.64. The first-order valence-corrected chi connectivity index (χ1v) is 11.1. The van der Waals surface area contributed by atoms with Gasteiger partial charge in [-0.2, -0.15) is 0 Å². The molecule has 0 spiro atoms. The van der Waals surface area contributed by atoms with Crippen molar-refractivity contribution in [1.82, 2.24) is 9.80 Å². The molecule has 4 rings (SSSR count). The van der Waals surface area contributed by atoms with Gasteiger partial charge < -0.3 is 24.3 Å². The number of benzene rings is 2. The molecule has 34 heavy (non-hydrogen) atoms. The predicted octanol–water partition coefficient (Wildman–Crippen LogP) is 2.24. The fourth-order valence-corrected chi connectivity index (χ4v) is 4.10. The first-order valence-electron chi connectivity index (χ1n) is 11.1. The van der Waals surface area contributed by atoms with Crippen LogP contribution in [0.4, 0.5) is 5.69 Å². The summed E-state index contributed by atoms with van der Waals surface area (Å²) >= 11 is 0. The molecule has 2 heterocycles. The van der Waals surface area contributed by atoms with Crippen molar-refractivity contribution < 1.29 is 28.5 Å². The van der Waals surface area contributed by atoms with Crippen molar-refractivity contribution in [1.29, 1.82) is 0 Å². The van der Waals surface area contributed by atoms with E-state index in [1.165, 1.54) is 19.1 Å². The molecule has 0 atom stereocenters. The van der Waals surface area contributed by atoms with E-state index >= 15 is 0 Å². The van der Waals surface area contributed by atoms with E-state index < -0.39 is 5.91 Å². The van der Waals surface area contributed by atoms with Gasteiger partial charge >= 0.3 is 0 Å². The Morgan fingerprint density at radius 2 is 1.62 bits per heavy atom. The normalized spacial score (nSPS) is 16.7. The molecule has 9 heteroatoms. The molecule has 0 saturated carbocycles. The zero-order valence-corrected chi connectivity index (χ0v) is 19.6. The lowest BCUT2D eigenvalue weighted by Gasteiger charge is -2.28. The summed E-state index contributed by atoms with van der Waals surface area (Å²) in [6.45, 7) is 3.71. The number of carbonyl (C=O) groups excluding carboxylic acids is 2. The van der Waals surface area contributed by atoms with Crippen LogP contribution in [0.5, 0.6) is 17.2 Å². The maximum Gasteiger partial charge on any atom is 0.278 e. The van der Waals surface area contributed by atoms with Crippen LogP contribution in [-0.4, -0.2) is 82.3 Å². The van der Waals surface area contributed by atoms with Crippen molar-refractivity contribution >= 4 is 23.1 Å². The molecule has 9 nitrogen and oxygen atoms in total. The van der Waals surface area contributed by atoms with Crippen molar-refractivity contribution in [2.75, 3.05) is 66.0 Å². The van der Waals surface area contributed by atoms with Gasteiger partial charge in [-0.1, -0.05) is 18.2 Å². The number of morpholine rings is 1. The number of rotatable bonds is 9. The molecule has 1 fully saturated rings. The fraction of sp³-hybridized carbons (Fsp3) is 0.360. The van der Waals surface area contributed by atoms with Crippen LogP contribution in [0.2, 0.25) is 0 Å². The van der Waals surface area contributed by atoms with Crippen LogP contribution in [0.1, 0.15) is 5.56 Å². The first kappa shape index (κ1) is 23.6. The molecular weight excluding hydrogens is 438 g/mol. The second kappa shape index (κ2) is 10.6. The van der Waals surface area contributed by atoms with Gasteiger partial charge in [-0.05, 0) is 18.2 Å². The van der Waals surface area contributed by atoms with Crippen molar-refractivity contribution in [2.24, 2.45) is 0 Å². The number of hydrogen-bond donors (Lipinski definition) is 1. The van der Waals surface area contributed by atoms with Crippen LogP contribution >= 0.6 is 0 Å². The summed E-state index contributed by atoms with van der Waals surface area (Å²) in [4.78, 5) is 30.6. The maximum absolute atomic E-state index is 13.6. The van der Waals surface area contributed by atoms with E-state index in [1.807, 2.05) is 12.1 Å². The topological polar surface area (TPSA) is 89.6 Å². The zero-order valence-electron chi connectivity index (χ0n) is 19.6. The number of amides is 2. The van der Waals surface area contributed by atoms with E-state index in [9.17, 15) is 9.59 Å². The molecule has 0 aliphatic carbocycles. The molecule has 2 aliphatic heterocycles. The molecule has 0 aromatic heterocycles. The minimum Gasteiger partial charge on any atom is -0.497 e. The summed E-state index contributed by atoms with van der Waals surface area (Å²) in [5.74, 6) is 0.852. The molecule has 0 bridgehead atoms. The summed E-state index contributed by atoms with van der Waals surface area (Å²) in [6, 6.07) is 12.4. The van der Waals surface area contributed by atoms with Gasteiger partial charge in [-0.3, -0.25) is 19.4 Å². The number of carbonyl (C=O) groups is 2. The molecule has 2 aromatic carbocycles. The average molecular weight is 468 g/mol. The lowest BCUT2D eigenvalue weighted by atomic mass is 10.0. The molecule has 0 unspecified atom stereocenters. The van der Waals surface area contributed by atoms with Crippen LogP contribution < -0.4 is 19.5 Å². The molecule has 1 saturated heterocycles. The van der Waals surface area contributed by atoms with E-state index in [0.29, 0.717) is 48.3 Å². The van der Waals surface area contributed by atoms with Crippen LogP contribution in [-0.2, 0) is 14.3 Å². The largest absolute Gasteiger partial charge is 0.497 e. The smallest absolute Gasteiger partial charge is 0.278 e. The Labute approximate surface area is 198 Å². The van der Waals surface area contributed by atoms with E-state index in [-0.39, 0.29) is 23.7 Å². The number of imide groups is 1. The van der Waals surface area contributed by atoms with Crippen LogP contribution in [0.15, 0.2) is 48.2 Å². The molecule has 2 aromatic rings. The quantitative estimate of drug-likeness (QED) is 0.562. The molecular formula is C25H29N3O6. The average Bonchev–Trinajstić information content (AvgIpc) is 3.11. The summed E-state index contributed by atoms with van der Waals surface area (Å²) in [5, 5.41) is 3.16. The monoisotopic (exact) mass is 467 g/mol. The van der Waals surface area contributed by atoms with Crippen LogP contribution in [0.25, 0.3) is 5.57 Å². The first-order chi connectivity index (χ1) is 16.6. The van der Waals surface area contributed by atoms with Gasteiger partial charge in [0, 0.05) is 37.8 Å². The minimum absolute atomic E-state index is 0.181. The van der Waals surface area contributed by atoms with Crippen molar-refractivity contribution in [3.05, 3.63) is 53.7 Å². The number of ether oxygens (including phenoxy) is 4. The van der Waals surface area contributed by atoms with Crippen molar-refractivity contribution in [3.63, 3.8) is 0 Å². The van der Waals surface area contributed by atoms with E-state index in [2.05, 4.69) is 10.2 Å². The Bertz CT molecular complexity index is 1090. The third-order valence-electron chi connectivity index (χ3n) is 5.96. The third-order valence-corrected chi connectivity index (χ3v) is 5.96. The predicted molar refractivity (Wildman–Crippen MR) is 127 cm³/mol. The standard InChI is InChI=1S/C25H29N3O6/c1-31-17-8-9-19(21(16-17)33-3)26-23-22(18-6-4-5-7-20(18)32-2)24(29)28(25(23)30)11-10-27-12-14-34-15-13-27/h4-9,16,26H,10-15H2,1-3H3. The summed E-state index contributed by atoms with van der Waals surface area (Å²) < 4.78 is 21.6. The minimum atomic E-state index is -0.392. The Hall–Kier alpha value is -3.56. The second-order valence-corrected chi connectivity index (χ2v) is 7.86. The second-order valence-electron chi connectivity index (χ2n) is 7.86. The van der Waals surface area contributed by atoms with Gasteiger partial charge in [0.25, 0.3) is 11.8 Å². The van der Waals surface area contributed by atoms with Crippen molar-refractivity contribution in [2.45, 2.75) is 0 Å². The van der Waals surface area contributed by atoms with Gasteiger partial charge in [-0.15, -0.1) is 0 Å². The molecule has 2 aliphatic rings. The molecule has 2 amide bonds. The highest BCUT2D eigenvalue weighted by Crippen LogP contribution is 2.37. The van der Waals surface area contributed by atoms with Gasteiger partial charge in [0.1, 0.15) is 22.9 Å². The van der Waals surface area contributed by atoms with Gasteiger partial charge in [0.2, 0.25) is 0 Å². The van der Waals surface area contributed by atoms with Gasteiger partial charge in [0.15, 0.2) is 0 Å². The Morgan fingerprint density at radius 3 is 2.32 bits per heavy atom. The number of hydrogen-bond acceptors (Lipinski definition) is 8. The third kappa shape index (κ3) is 4.71. The van der Waals surface area contributed by atoms with Gasteiger partial charge in [0.05, 0.1) is 45.8 Å². The van der Waals surface area contributed by atoms with E-state index in [1.54, 1.807) is 37.4 Å². The lowest BCUT2D eigenvalue weighted by molar-refractivity contribution is -0.137. The Balaban J connectivity index is 1.70. The van der Waals surface area contributed by atoms with Crippen LogP contribution in [0, 0.1) is 0 Å². The molecule has 0 radical (unpaired) electrons. The van der Waals surface area contributed by atoms with Crippen LogP contribution in [0.3, 0.4) is 0 Å². The summed E-state index contributed by atoms with van der Waals surface area (Å²) in [6.07, 6.45) is 0. The fourth-order valence-electron chi connectivity index (χ4n) is 4.10. The molecule has 180 valence electrons. The van der Waals surface area contributed by atoms with E-state index in [0.717, 1.165) is 13.1 Å². The Morgan fingerprint density at radius 1 is 0.882 bits per heavy atom. The number of methoxy groups -OCH3 is 3. The number of nitrogens with zero attached hydrogens (tertiary/aromatic N) is 2. The zero-order chi connectivity index (χ0) is 24.1. The number of anilines is 1. The lowest BCUT2D eigenvalue weighted by Crippen LogP contribution is -2.43. The molecule has 1 N–H and O–H groups in total. The SMILES string of the molecule is COc1ccc(NC2=C(c3ccccc3OC)C(=O)N(CCN3CCOCC3)C2=O)c(OC)c1. The van der Waals surface area contributed by atoms with E-state index in [4.69, 9.17) is 18.9 Å².